The minimum absolute atomic E-state index is 0.151. The quantitative estimate of drug-likeness (QED) is 0.725. The summed E-state index contributed by atoms with van der Waals surface area (Å²) in [5.41, 5.74) is 1.27. The van der Waals surface area contributed by atoms with Crippen molar-refractivity contribution >= 4 is 28.9 Å². The first-order valence-electron chi connectivity index (χ1n) is 7.60. The summed E-state index contributed by atoms with van der Waals surface area (Å²) in [6.45, 7) is 1.42. The van der Waals surface area contributed by atoms with Gasteiger partial charge in [-0.1, -0.05) is 0 Å². The second kappa shape index (κ2) is 8.70. The topological polar surface area (TPSA) is 64.6 Å². The third-order valence-corrected chi connectivity index (χ3v) is 3.96. The molecule has 0 saturated carbocycles. The fraction of sp³-hybridized carbons (Fsp3) is 0.294. The summed E-state index contributed by atoms with van der Waals surface area (Å²) in [6, 6.07) is 6.55. The fourth-order valence-corrected chi connectivity index (χ4v) is 2.68. The molecule has 26 heavy (non-hydrogen) atoms. The van der Waals surface area contributed by atoms with Gasteiger partial charge in [-0.15, -0.1) is 13.2 Å². The standard InChI is InChI=1S/C17H16F3NO4S/c1-11(24-15(22)7-2-12-8-9-26-10-12)16(23)21-13-3-5-14(6-4-13)25-17(18,19)20/h3-6,8-11H,2,7H2,1H3,(H,21,23). The number of anilines is 1. The molecule has 2 aromatic rings. The van der Waals surface area contributed by atoms with Gasteiger partial charge in [0.1, 0.15) is 5.75 Å². The van der Waals surface area contributed by atoms with E-state index in [1.807, 2.05) is 16.8 Å². The lowest BCUT2D eigenvalue weighted by molar-refractivity contribution is -0.274. The van der Waals surface area contributed by atoms with Gasteiger partial charge in [0.2, 0.25) is 0 Å². The lowest BCUT2D eigenvalue weighted by Crippen LogP contribution is -2.30. The number of rotatable bonds is 7. The van der Waals surface area contributed by atoms with Crippen molar-refractivity contribution in [1.82, 2.24) is 0 Å². The van der Waals surface area contributed by atoms with Gasteiger partial charge in [-0.2, -0.15) is 11.3 Å². The predicted molar refractivity (Wildman–Crippen MR) is 89.9 cm³/mol. The summed E-state index contributed by atoms with van der Waals surface area (Å²) in [5.74, 6) is -1.49. The van der Waals surface area contributed by atoms with Crippen LogP contribution in [0.15, 0.2) is 41.1 Å². The molecule has 1 unspecified atom stereocenters. The number of aryl methyl sites for hydroxylation is 1. The SMILES string of the molecule is CC(OC(=O)CCc1ccsc1)C(=O)Nc1ccc(OC(F)(F)F)cc1. The van der Waals surface area contributed by atoms with E-state index in [1.54, 1.807) is 0 Å². The van der Waals surface area contributed by atoms with Gasteiger partial charge in [0.25, 0.3) is 5.91 Å². The number of alkyl halides is 3. The molecular weight excluding hydrogens is 371 g/mol. The highest BCUT2D eigenvalue weighted by Crippen LogP contribution is 2.24. The molecule has 0 aliphatic carbocycles. The Labute approximate surface area is 151 Å². The number of halogens is 3. The third kappa shape index (κ3) is 6.75. The number of benzene rings is 1. The van der Waals surface area contributed by atoms with Gasteiger partial charge in [0, 0.05) is 12.1 Å². The van der Waals surface area contributed by atoms with Gasteiger partial charge >= 0.3 is 12.3 Å². The van der Waals surface area contributed by atoms with Crippen molar-refractivity contribution in [3.63, 3.8) is 0 Å². The van der Waals surface area contributed by atoms with E-state index in [0.717, 1.165) is 17.7 Å². The van der Waals surface area contributed by atoms with Crippen LogP contribution in [-0.4, -0.2) is 24.3 Å². The van der Waals surface area contributed by atoms with Crippen molar-refractivity contribution in [3.05, 3.63) is 46.7 Å². The van der Waals surface area contributed by atoms with E-state index in [1.165, 1.54) is 30.4 Å². The summed E-state index contributed by atoms with van der Waals surface area (Å²) < 4.78 is 45.1. The van der Waals surface area contributed by atoms with Crippen LogP contribution in [-0.2, 0) is 20.7 Å². The molecule has 0 aliphatic heterocycles. The zero-order chi connectivity index (χ0) is 19.2. The molecular formula is C17H16F3NO4S. The number of carbonyl (C=O) groups is 2. The summed E-state index contributed by atoms with van der Waals surface area (Å²) in [4.78, 5) is 23.8. The lowest BCUT2D eigenvalue weighted by Gasteiger charge is -2.14. The zero-order valence-electron chi connectivity index (χ0n) is 13.7. The number of ether oxygens (including phenoxy) is 2. The van der Waals surface area contributed by atoms with Crippen LogP contribution in [0.1, 0.15) is 18.9 Å². The van der Waals surface area contributed by atoms with Crippen LogP contribution in [0, 0.1) is 0 Å². The molecule has 0 fully saturated rings. The molecule has 2 rings (SSSR count). The van der Waals surface area contributed by atoms with Gasteiger partial charge in [-0.25, -0.2) is 0 Å². The Morgan fingerprint density at radius 2 is 1.88 bits per heavy atom. The Kier molecular flexibility index (Phi) is 6.62. The molecule has 0 bridgehead atoms. The number of hydrogen-bond acceptors (Lipinski definition) is 5. The van der Waals surface area contributed by atoms with E-state index in [0.29, 0.717) is 6.42 Å². The fourth-order valence-electron chi connectivity index (χ4n) is 1.97. The molecule has 0 saturated heterocycles. The van der Waals surface area contributed by atoms with Crippen LogP contribution in [0.2, 0.25) is 0 Å². The van der Waals surface area contributed by atoms with E-state index < -0.39 is 30.1 Å². The Morgan fingerprint density at radius 3 is 2.46 bits per heavy atom. The van der Waals surface area contributed by atoms with Crippen molar-refractivity contribution in [1.29, 1.82) is 0 Å². The van der Waals surface area contributed by atoms with E-state index in [2.05, 4.69) is 10.1 Å². The molecule has 5 nitrogen and oxygen atoms in total. The first kappa shape index (κ1) is 19.8. The molecule has 1 heterocycles. The van der Waals surface area contributed by atoms with Gasteiger partial charge in [0.05, 0.1) is 0 Å². The van der Waals surface area contributed by atoms with Gasteiger partial charge < -0.3 is 14.8 Å². The molecule has 1 aromatic carbocycles. The minimum Gasteiger partial charge on any atom is -0.453 e. The Morgan fingerprint density at radius 1 is 1.19 bits per heavy atom. The predicted octanol–water partition coefficient (Wildman–Crippen LogP) is 4.15. The molecule has 1 atom stereocenters. The maximum Gasteiger partial charge on any atom is 0.573 e. The summed E-state index contributed by atoms with van der Waals surface area (Å²) in [6.07, 6.45) is -5.14. The molecule has 1 N–H and O–H groups in total. The van der Waals surface area contributed by atoms with E-state index in [4.69, 9.17) is 4.74 Å². The summed E-state index contributed by atoms with van der Waals surface area (Å²) in [5, 5.41) is 6.29. The average molecular weight is 387 g/mol. The Bertz CT molecular complexity index is 729. The van der Waals surface area contributed by atoms with Crippen LogP contribution in [0.25, 0.3) is 0 Å². The number of hydrogen-bond donors (Lipinski definition) is 1. The van der Waals surface area contributed by atoms with Crippen molar-refractivity contribution in [3.8, 4) is 5.75 Å². The second-order valence-electron chi connectivity index (χ2n) is 5.33. The normalized spacial score (nSPS) is 12.3. The first-order chi connectivity index (χ1) is 12.2. The Hall–Kier alpha value is -2.55. The first-order valence-corrected chi connectivity index (χ1v) is 8.54. The van der Waals surface area contributed by atoms with Crippen LogP contribution < -0.4 is 10.1 Å². The highest BCUT2D eigenvalue weighted by Gasteiger charge is 2.31. The molecule has 0 spiro atoms. The highest BCUT2D eigenvalue weighted by molar-refractivity contribution is 7.07. The van der Waals surface area contributed by atoms with E-state index in [-0.39, 0.29) is 12.1 Å². The van der Waals surface area contributed by atoms with Crippen molar-refractivity contribution in [2.24, 2.45) is 0 Å². The summed E-state index contributed by atoms with van der Waals surface area (Å²) >= 11 is 1.53. The number of nitrogens with one attached hydrogen (secondary N) is 1. The molecule has 0 aliphatic rings. The van der Waals surface area contributed by atoms with Crippen molar-refractivity contribution < 1.29 is 32.2 Å². The average Bonchev–Trinajstić information content (AvgIpc) is 3.07. The summed E-state index contributed by atoms with van der Waals surface area (Å²) in [7, 11) is 0. The van der Waals surface area contributed by atoms with Crippen molar-refractivity contribution in [2.45, 2.75) is 32.2 Å². The van der Waals surface area contributed by atoms with Gasteiger partial charge in [-0.3, -0.25) is 9.59 Å². The monoisotopic (exact) mass is 387 g/mol. The van der Waals surface area contributed by atoms with Crippen LogP contribution in [0.5, 0.6) is 5.75 Å². The Balaban J connectivity index is 1.79. The molecule has 0 radical (unpaired) electrons. The highest BCUT2D eigenvalue weighted by atomic mass is 32.1. The van der Waals surface area contributed by atoms with Gasteiger partial charge in [0.15, 0.2) is 6.10 Å². The zero-order valence-corrected chi connectivity index (χ0v) is 14.5. The molecule has 1 amide bonds. The second-order valence-corrected chi connectivity index (χ2v) is 6.11. The number of carbonyl (C=O) groups excluding carboxylic acids is 2. The maximum atomic E-state index is 12.1. The largest absolute Gasteiger partial charge is 0.573 e. The number of esters is 1. The smallest absolute Gasteiger partial charge is 0.453 e. The third-order valence-electron chi connectivity index (χ3n) is 3.23. The van der Waals surface area contributed by atoms with Gasteiger partial charge in [-0.05, 0) is 60.0 Å². The molecule has 9 heteroatoms. The lowest BCUT2D eigenvalue weighted by atomic mass is 10.2. The van der Waals surface area contributed by atoms with Crippen LogP contribution >= 0.6 is 11.3 Å². The van der Waals surface area contributed by atoms with Crippen molar-refractivity contribution in [2.75, 3.05) is 5.32 Å². The minimum atomic E-state index is -4.78. The number of thiophene rings is 1. The van der Waals surface area contributed by atoms with E-state index >= 15 is 0 Å². The molecule has 140 valence electrons. The maximum absolute atomic E-state index is 12.1. The molecule has 1 aromatic heterocycles. The van der Waals surface area contributed by atoms with Crippen LogP contribution in [0.4, 0.5) is 18.9 Å². The van der Waals surface area contributed by atoms with E-state index in [9.17, 15) is 22.8 Å². The number of amides is 1. The van der Waals surface area contributed by atoms with Crippen LogP contribution in [0.3, 0.4) is 0 Å².